The minimum atomic E-state index is -0.935. The fourth-order valence-electron chi connectivity index (χ4n) is 5.36. The van der Waals surface area contributed by atoms with Gasteiger partial charge in [-0.3, -0.25) is 9.97 Å². The Morgan fingerprint density at radius 1 is 0.977 bits per heavy atom. The van der Waals surface area contributed by atoms with E-state index in [1.807, 2.05) is 84.1 Å². The highest BCUT2D eigenvalue weighted by Gasteiger charge is 2.37. The highest BCUT2D eigenvalue weighted by Crippen LogP contribution is 2.43. The van der Waals surface area contributed by atoms with Crippen LogP contribution >= 0.6 is 0 Å². The Balaban J connectivity index is 1.68. The third-order valence-electron chi connectivity index (χ3n) is 7.85. The van der Waals surface area contributed by atoms with Crippen molar-refractivity contribution in [3.63, 3.8) is 0 Å². The number of pyridine rings is 2. The summed E-state index contributed by atoms with van der Waals surface area (Å²) in [5.74, 6) is 1.12. The molecule has 0 amide bonds. The number of esters is 1. The van der Waals surface area contributed by atoms with Gasteiger partial charge in [0.05, 0.1) is 43.0 Å². The van der Waals surface area contributed by atoms with Gasteiger partial charge in [-0.1, -0.05) is 26.0 Å². The molecule has 1 fully saturated rings. The molecule has 8 heteroatoms. The number of benzene rings is 1. The van der Waals surface area contributed by atoms with Crippen LogP contribution in [0.25, 0.3) is 11.3 Å². The summed E-state index contributed by atoms with van der Waals surface area (Å²) in [7, 11) is 1.66. The third kappa shape index (κ3) is 8.72. The molecule has 1 aromatic carbocycles. The molecule has 1 aliphatic heterocycles. The van der Waals surface area contributed by atoms with E-state index in [1.165, 1.54) is 5.56 Å². The number of aryl methyl sites for hydroxylation is 1. The molecule has 238 valence electrons. The Labute approximate surface area is 263 Å². The van der Waals surface area contributed by atoms with Gasteiger partial charge in [0.25, 0.3) is 0 Å². The normalized spacial score (nSPS) is 15.6. The molecule has 4 rings (SSSR count). The van der Waals surface area contributed by atoms with E-state index in [1.54, 1.807) is 13.3 Å². The predicted molar refractivity (Wildman–Crippen MR) is 174 cm³/mol. The van der Waals surface area contributed by atoms with Crippen LogP contribution in [0.4, 0.5) is 5.69 Å². The Morgan fingerprint density at radius 2 is 1.64 bits per heavy atom. The average Bonchev–Trinajstić information content (AvgIpc) is 2.96. The molecule has 0 bridgehead atoms. The predicted octanol–water partition coefficient (Wildman–Crippen LogP) is 7.52. The first-order chi connectivity index (χ1) is 20.8. The average molecular weight is 604 g/mol. The number of piperidine rings is 1. The molecule has 0 N–H and O–H groups in total. The largest absolute Gasteiger partial charge is 0.497 e. The van der Waals surface area contributed by atoms with E-state index in [4.69, 9.17) is 28.9 Å². The number of carbonyl (C=O) groups excluding carboxylic acids is 1. The Bertz CT molecular complexity index is 1390. The van der Waals surface area contributed by atoms with Crippen LogP contribution in [-0.4, -0.2) is 54.4 Å². The van der Waals surface area contributed by atoms with Gasteiger partial charge in [0, 0.05) is 42.5 Å². The lowest BCUT2D eigenvalue weighted by atomic mass is 9.82. The van der Waals surface area contributed by atoms with Gasteiger partial charge in [0.2, 0.25) is 0 Å². The van der Waals surface area contributed by atoms with Gasteiger partial charge >= 0.3 is 5.97 Å². The van der Waals surface area contributed by atoms with Crippen LogP contribution in [-0.2, 0) is 20.7 Å². The van der Waals surface area contributed by atoms with Crippen LogP contribution in [0, 0.1) is 12.3 Å². The quantitative estimate of drug-likeness (QED) is 0.208. The summed E-state index contributed by atoms with van der Waals surface area (Å²) >= 11 is 0. The van der Waals surface area contributed by atoms with Crippen molar-refractivity contribution in [2.24, 2.45) is 5.41 Å². The van der Waals surface area contributed by atoms with Crippen molar-refractivity contribution in [2.45, 2.75) is 92.5 Å². The number of carbonyl (C=O) groups is 1. The van der Waals surface area contributed by atoms with Crippen LogP contribution in [0.1, 0.15) is 84.2 Å². The van der Waals surface area contributed by atoms with Crippen molar-refractivity contribution in [3.05, 3.63) is 65.6 Å². The first-order valence-corrected chi connectivity index (χ1v) is 15.6. The lowest BCUT2D eigenvalue weighted by molar-refractivity contribution is -0.171. The highest BCUT2D eigenvalue weighted by atomic mass is 16.6. The second-order valence-electron chi connectivity index (χ2n) is 13.6. The number of ether oxygens (including phenoxy) is 4. The van der Waals surface area contributed by atoms with Gasteiger partial charge in [0.1, 0.15) is 11.5 Å². The second kappa shape index (κ2) is 14.0. The van der Waals surface area contributed by atoms with Crippen LogP contribution in [0.15, 0.2) is 48.8 Å². The van der Waals surface area contributed by atoms with Crippen molar-refractivity contribution in [1.82, 2.24) is 9.97 Å². The van der Waals surface area contributed by atoms with Gasteiger partial charge in [0.15, 0.2) is 6.10 Å². The number of aromatic nitrogens is 2. The molecule has 3 aromatic rings. The Morgan fingerprint density at radius 3 is 2.20 bits per heavy atom. The summed E-state index contributed by atoms with van der Waals surface area (Å²) in [4.78, 5) is 25.6. The number of rotatable bonds is 11. The molecule has 1 unspecified atom stereocenters. The molecule has 0 spiro atoms. The van der Waals surface area contributed by atoms with Gasteiger partial charge in [-0.05, 0) is 89.6 Å². The SMILES string of the molecule is COc1ccc(CCOc2ccc(-c3cnc(C)c(C(OC(C)(C)C)C(=O)OC(C)C)c3N3CCC(C)(C)CC3)nc2)cc1. The Kier molecular flexibility index (Phi) is 10.6. The highest BCUT2D eigenvalue weighted by molar-refractivity contribution is 5.86. The van der Waals surface area contributed by atoms with E-state index in [9.17, 15) is 4.79 Å². The molecule has 2 aromatic heterocycles. The number of hydrogen-bond acceptors (Lipinski definition) is 8. The monoisotopic (exact) mass is 603 g/mol. The van der Waals surface area contributed by atoms with Crippen LogP contribution in [0.3, 0.4) is 0 Å². The van der Waals surface area contributed by atoms with Crippen LogP contribution < -0.4 is 14.4 Å². The number of nitrogens with zero attached hydrogens (tertiary/aromatic N) is 3. The van der Waals surface area contributed by atoms with Crippen molar-refractivity contribution >= 4 is 11.7 Å². The van der Waals surface area contributed by atoms with Crippen molar-refractivity contribution in [2.75, 3.05) is 31.7 Å². The molecule has 1 saturated heterocycles. The summed E-state index contributed by atoms with van der Waals surface area (Å²) in [5, 5.41) is 0. The summed E-state index contributed by atoms with van der Waals surface area (Å²) in [6.45, 7) is 18.3. The van der Waals surface area contributed by atoms with Crippen molar-refractivity contribution in [1.29, 1.82) is 0 Å². The van der Waals surface area contributed by atoms with E-state index < -0.39 is 17.7 Å². The van der Waals surface area contributed by atoms with E-state index in [-0.39, 0.29) is 11.5 Å². The third-order valence-corrected chi connectivity index (χ3v) is 7.85. The van der Waals surface area contributed by atoms with Gasteiger partial charge in [-0.25, -0.2) is 4.79 Å². The molecular weight excluding hydrogens is 554 g/mol. The van der Waals surface area contributed by atoms with Gasteiger partial charge in [-0.2, -0.15) is 0 Å². The lowest BCUT2D eigenvalue weighted by Crippen LogP contribution is -2.39. The molecule has 1 aliphatic rings. The minimum Gasteiger partial charge on any atom is -0.497 e. The van der Waals surface area contributed by atoms with E-state index >= 15 is 0 Å². The molecular formula is C36H49N3O5. The first-order valence-electron chi connectivity index (χ1n) is 15.6. The van der Waals surface area contributed by atoms with Crippen LogP contribution in [0.2, 0.25) is 0 Å². The molecule has 8 nitrogen and oxygen atoms in total. The smallest absolute Gasteiger partial charge is 0.340 e. The van der Waals surface area contributed by atoms with Crippen LogP contribution in [0.5, 0.6) is 11.5 Å². The zero-order valence-electron chi connectivity index (χ0n) is 27.9. The number of methoxy groups -OCH3 is 1. The number of anilines is 1. The second-order valence-corrected chi connectivity index (χ2v) is 13.6. The maximum Gasteiger partial charge on any atom is 0.340 e. The van der Waals surface area contributed by atoms with E-state index in [0.717, 1.165) is 66.3 Å². The van der Waals surface area contributed by atoms with E-state index in [0.29, 0.717) is 12.4 Å². The van der Waals surface area contributed by atoms with Crippen molar-refractivity contribution in [3.8, 4) is 22.8 Å². The first kappa shape index (κ1) is 33.2. The summed E-state index contributed by atoms with van der Waals surface area (Å²) in [5.41, 5.74) is 4.86. The standard InChI is InChI=1S/C36H49N3O5/c1-24(2)43-34(40)33(44-35(4,5)6)31-25(3)37-23-29(32(31)39-19-17-36(7,8)18-20-39)30-15-14-28(22-38-30)42-21-16-26-10-12-27(41-9)13-11-26/h10-15,22-24,33H,16-21H2,1-9H3. The van der Waals surface area contributed by atoms with Gasteiger partial charge in [-0.15, -0.1) is 0 Å². The zero-order chi connectivity index (χ0) is 32.1. The van der Waals surface area contributed by atoms with Gasteiger partial charge < -0.3 is 23.8 Å². The summed E-state index contributed by atoms with van der Waals surface area (Å²) < 4.78 is 23.5. The number of hydrogen-bond donors (Lipinski definition) is 0. The van der Waals surface area contributed by atoms with E-state index in [2.05, 4.69) is 18.7 Å². The maximum absolute atomic E-state index is 13.6. The molecule has 0 radical (unpaired) electrons. The topological polar surface area (TPSA) is 83.0 Å². The van der Waals surface area contributed by atoms with Crippen molar-refractivity contribution < 1.29 is 23.7 Å². The molecule has 3 heterocycles. The molecule has 0 aliphatic carbocycles. The minimum absolute atomic E-state index is 0.250. The summed E-state index contributed by atoms with van der Waals surface area (Å²) in [6.07, 6.45) is 5.24. The molecule has 1 atom stereocenters. The zero-order valence-corrected chi connectivity index (χ0v) is 27.9. The maximum atomic E-state index is 13.6. The molecule has 44 heavy (non-hydrogen) atoms. The fraction of sp³-hybridized carbons (Fsp3) is 0.528. The lowest BCUT2D eigenvalue weighted by Gasteiger charge is -2.41. The fourth-order valence-corrected chi connectivity index (χ4v) is 5.36. The molecule has 0 saturated carbocycles. The Hall–Kier alpha value is -3.65. The summed E-state index contributed by atoms with van der Waals surface area (Å²) in [6, 6.07) is 11.9.